The van der Waals surface area contributed by atoms with Crippen LogP contribution in [0, 0.1) is 24.7 Å². The molecule has 0 N–H and O–H groups in total. The summed E-state index contributed by atoms with van der Waals surface area (Å²) in [6, 6.07) is 38.1. The van der Waals surface area contributed by atoms with E-state index in [2.05, 4.69) is 133 Å². The molecule has 6 aromatic rings. The van der Waals surface area contributed by atoms with Crippen LogP contribution in [-0.4, -0.2) is 26.1 Å². The van der Waals surface area contributed by atoms with Crippen LogP contribution >= 0.6 is 0 Å². The van der Waals surface area contributed by atoms with Crippen molar-refractivity contribution in [1.82, 2.24) is 9.97 Å². The molecule has 0 spiro atoms. The van der Waals surface area contributed by atoms with Crippen LogP contribution < -0.4 is 20.7 Å². The molecular formula is C44H38Au2N2Si2. The van der Waals surface area contributed by atoms with Crippen LogP contribution in [0.25, 0.3) is 22.3 Å². The number of hydrogen-bond donors (Lipinski definition) is 0. The van der Waals surface area contributed by atoms with Crippen LogP contribution in [0.1, 0.15) is 22.3 Å². The van der Waals surface area contributed by atoms with Crippen molar-refractivity contribution in [2.45, 2.75) is 39.0 Å². The molecule has 2 aliphatic heterocycles. The Morgan fingerprint density at radius 1 is 0.480 bits per heavy atom. The number of nitrogens with zero attached hydrogens (tertiary/aromatic N) is 2. The zero-order valence-corrected chi connectivity index (χ0v) is 34.9. The third-order valence-corrected chi connectivity index (χ3v) is 16.7. The number of hydrogen-bond acceptors (Lipinski definition) is 2. The average Bonchev–Trinajstić information content (AvgIpc) is 3.51. The van der Waals surface area contributed by atoms with Crippen LogP contribution in [0.3, 0.4) is 0 Å². The zero-order chi connectivity index (χ0) is 33.7. The number of aryl methyl sites for hydroxylation is 2. The van der Waals surface area contributed by atoms with Gasteiger partial charge in [-0.05, 0) is 68.7 Å². The van der Waals surface area contributed by atoms with Crippen molar-refractivity contribution in [3.05, 3.63) is 169 Å². The Balaban J connectivity index is 0.000000166. The summed E-state index contributed by atoms with van der Waals surface area (Å²) in [6.45, 7) is 9.52. The van der Waals surface area contributed by atoms with Gasteiger partial charge in [0.2, 0.25) is 0 Å². The summed E-state index contributed by atoms with van der Waals surface area (Å²) >= 11 is 0. The smallest absolute Gasteiger partial charge is 0.366 e. The third kappa shape index (κ3) is 8.06. The Labute approximate surface area is 331 Å². The minimum Gasteiger partial charge on any atom is -0.366 e. The average molecular weight is 1040 g/mol. The largest absolute Gasteiger partial charge is 1.00 e. The summed E-state index contributed by atoms with van der Waals surface area (Å²) in [5.41, 5.74) is 9.81. The van der Waals surface area contributed by atoms with E-state index in [1.807, 2.05) is 36.7 Å². The molecule has 4 heterocycles. The molecule has 2 aliphatic rings. The molecular weight excluding hydrogens is 1010 g/mol. The van der Waals surface area contributed by atoms with E-state index < -0.39 is 16.1 Å². The van der Waals surface area contributed by atoms with E-state index in [1.54, 1.807) is 12.4 Å². The summed E-state index contributed by atoms with van der Waals surface area (Å²) in [6.07, 6.45) is 24.0. The van der Waals surface area contributed by atoms with Crippen molar-refractivity contribution in [1.29, 1.82) is 0 Å². The standard InChI is InChI=1S/2C16H13Si.C12H12N2.2Au/c2*1-4-12-9-10-14-13-7-5-6-8-15(13)17(2,3)16(14)11-12;1-3-11(9-13-7-1)5-6-12-4-2-8-14-10-12;;/h2*5-11H,2-3H3;1-4,7-10H,5-6H2;;/q2*-1;;2*+1. The molecule has 0 bridgehead atoms. The van der Waals surface area contributed by atoms with Crippen LogP contribution in [0.15, 0.2) is 134 Å². The Bertz CT molecular complexity index is 2010. The normalized spacial score (nSPS) is 12.9. The Morgan fingerprint density at radius 2 is 0.860 bits per heavy atom. The van der Waals surface area contributed by atoms with Gasteiger partial charge in [-0.3, -0.25) is 21.8 Å². The predicted molar refractivity (Wildman–Crippen MR) is 206 cm³/mol. The van der Waals surface area contributed by atoms with Gasteiger partial charge >= 0.3 is 44.8 Å². The molecule has 4 aromatic carbocycles. The first-order valence-corrected chi connectivity index (χ1v) is 22.4. The Hall–Kier alpha value is -3.79. The molecule has 0 unspecified atom stereocenters. The van der Waals surface area contributed by atoms with Gasteiger partial charge in [0.15, 0.2) is 0 Å². The van der Waals surface area contributed by atoms with Crippen molar-refractivity contribution in [2.24, 2.45) is 0 Å². The number of pyridine rings is 2. The van der Waals surface area contributed by atoms with Crippen LogP contribution in [0.2, 0.25) is 26.2 Å². The molecule has 0 fully saturated rings. The molecule has 6 heteroatoms. The first kappa shape index (κ1) is 39.0. The third-order valence-electron chi connectivity index (χ3n) is 9.60. The van der Waals surface area contributed by atoms with Gasteiger partial charge in [0, 0.05) is 24.8 Å². The SMILES string of the molecule is [Au+].[Au+].[C-]#Cc1ccc2c(c1)[Si](C)(C)c1ccccc1-2.[C-]#Cc1ccc2c(c1)[Si](C)(C)c1ccccc1-2.c1cncc(CCc2cccnc2)c1. The van der Waals surface area contributed by atoms with E-state index in [0.717, 1.165) is 24.0 Å². The maximum atomic E-state index is 7.26. The molecule has 2 aromatic heterocycles. The second kappa shape index (κ2) is 16.9. The number of aromatic nitrogens is 2. The summed E-state index contributed by atoms with van der Waals surface area (Å²) in [7, 11) is -3.10. The van der Waals surface area contributed by atoms with Gasteiger partial charge in [0.05, 0.1) is 0 Å². The summed E-state index contributed by atoms with van der Waals surface area (Å²) in [4.78, 5) is 8.16. The van der Waals surface area contributed by atoms with Crippen LogP contribution in [-0.2, 0) is 57.6 Å². The first-order valence-electron chi connectivity index (χ1n) is 16.4. The molecule has 8 rings (SSSR count). The van der Waals surface area contributed by atoms with Gasteiger partial charge in [0.1, 0.15) is 16.1 Å². The maximum absolute atomic E-state index is 7.26. The summed E-state index contributed by atoms with van der Waals surface area (Å²) in [5.74, 6) is 4.99. The van der Waals surface area contributed by atoms with Gasteiger partial charge < -0.3 is 12.8 Å². The molecule has 254 valence electrons. The van der Waals surface area contributed by atoms with Crippen molar-refractivity contribution in [2.75, 3.05) is 0 Å². The molecule has 50 heavy (non-hydrogen) atoms. The summed E-state index contributed by atoms with van der Waals surface area (Å²) < 4.78 is 0. The molecule has 0 amide bonds. The molecule has 0 saturated carbocycles. The van der Waals surface area contributed by atoms with Gasteiger partial charge in [-0.2, -0.15) is 0 Å². The fraction of sp³-hybridized carbons (Fsp3) is 0.136. The number of rotatable bonds is 3. The van der Waals surface area contributed by atoms with E-state index in [1.165, 1.54) is 54.1 Å². The van der Waals surface area contributed by atoms with E-state index in [0.29, 0.717) is 0 Å². The molecule has 2 nitrogen and oxygen atoms in total. The topological polar surface area (TPSA) is 25.8 Å². The van der Waals surface area contributed by atoms with E-state index in [-0.39, 0.29) is 44.8 Å². The fourth-order valence-electron chi connectivity index (χ4n) is 6.94. The second-order valence-electron chi connectivity index (χ2n) is 13.3. The minimum atomic E-state index is -1.55. The van der Waals surface area contributed by atoms with E-state index in [4.69, 9.17) is 12.8 Å². The van der Waals surface area contributed by atoms with Crippen molar-refractivity contribution in [3.63, 3.8) is 0 Å². The van der Waals surface area contributed by atoms with Crippen molar-refractivity contribution < 1.29 is 44.8 Å². The quantitative estimate of drug-likeness (QED) is 0.107. The first-order chi connectivity index (χ1) is 23.2. The molecule has 0 saturated heterocycles. The Morgan fingerprint density at radius 3 is 1.22 bits per heavy atom. The second-order valence-corrected chi connectivity index (χ2v) is 22.0. The predicted octanol–water partition coefficient (Wildman–Crippen LogP) is 7.11. The van der Waals surface area contributed by atoms with Gasteiger partial charge in [0.25, 0.3) is 0 Å². The van der Waals surface area contributed by atoms with Gasteiger partial charge in [-0.15, -0.1) is 35.4 Å². The maximum Gasteiger partial charge on any atom is 1.00 e. The zero-order valence-electron chi connectivity index (χ0n) is 28.6. The van der Waals surface area contributed by atoms with Gasteiger partial charge in [-0.1, -0.05) is 109 Å². The summed E-state index contributed by atoms with van der Waals surface area (Å²) in [5, 5.41) is 5.90. The van der Waals surface area contributed by atoms with E-state index >= 15 is 0 Å². The van der Waals surface area contributed by atoms with Crippen LogP contribution in [0.4, 0.5) is 0 Å². The van der Waals surface area contributed by atoms with Crippen molar-refractivity contribution in [3.8, 4) is 34.1 Å². The number of fused-ring (bicyclic) bond motifs is 6. The molecule has 0 aliphatic carbocycles. The van der Waals surface area contributed by atoms with E-state index in [9.17, 15) is 0 Å². The number of benzene rings is 4. The van der Waals surface area contributed by atoms with Crippen LogP contribution in [0.5, 0.6) is 0 Å². The van der Waals surface area contributed by atoms with Crippen molar-refractivity contribution >= 4 is 36.9 Å². The fourth-order valence-corrected chi connectivity index (χ4v) is 13.1. The Kier molecular flexibility index (Phi) is 13.2. The van der Waals surface area contributed by atoms with Gasteiger partial charge in [-0.25, -0.2) is 0 Å². The molecule has 0 radical (unpaired) electrons. The molecule has 0 atom stereocenters. The monoisotopic (exact) mass is 1040 g/mol. The minimum absolute atomic E-state index is 0.